The summed E-state index contributed by atoms with van der Waals surface area (Å²) in [6, 6.07) is 14.5. The van der Waals surface area contributed by atoms with Gasteiger partial charge >= 0.3 is 5.97 Å². The molecule has 2 aromatic carbocycles. The monoisotopic (exact) mass is 432 g/mol. The fourth-order valence-electron chi connectivity index (χ4n) is 2.98. The quantitative estimate of drug-likeness (QED) is 0.478. The van der Waals surface area contributed by atoms with Crippen LogP contribution in [0.15, 0.2) is 53.4 Å². The summed E-state index contributed by atoms with van der Waals surface area (Å²) in [5.41, 5.74) is 1.80. The summed E-state index contributed by atoms with van der Waals surface area (Å²) in [7, 11) is -3.46. The van der Waals surface area contributed by atoms with Gasteiger partial charge in [0.15, 0.2) is 0 Å². The van der Waals surface area contributed by atoms with E-state index in [1.165, 1.54) is 15.6 Å². The molecule has 0 N–H and O–H groups in total. The predicted molar refractivity (Wildman–Crippen MR) is 114 cm³/mol. The van der Waals surface area contributed by atoms with E-state index < -0.39 is 10.0 Å². The zero-order chi connectivity index (χ0) is 20.9. The van der Waals surface area contributed by atoms with Crippen molar-refractivity contribution in [3.05, 3.63) is 59.1 Å². The van der Waals surface area contributed by atoms with Crippen molar-refractivity contribution in [1.82, 2.24) is 9.29 Å². The molecule has 0 aliphatic carbocycles. The summed E-state index contributed by atoms with van der Waals surface area (Å²) in [5, 5.41) is 0.769. The van der Waals surface area contributed by atoms with Gasteiger partial charge in [0.05, 0.1) is 15.1 Å². The lowest BCUT2D eigenvalue weighted by Crippen LogP contribution is -2.30. The summed E-state index contributed by atoms with van der Waals surface area (Å²) < 4.78 is 32.8. The highest BCUT2D eigenvalue weighted by molar-refractivity contribution is 7.89. The number of sulfonamides is 1. The van der Waals surface area contributed by atoms with Crippen molar-refractivity contribution in [2.75, 3.05) is 13.1 Å². The Hall–Kier alpha value is -2.29. The first-order valence-electron chi connectivity index (χ1n) is 9.53. The van der Waals surface area contributed by atoms with Gasteiger partial charge in [-0.1, -0.05) is 38.1 Å². The van der Waals surface area contributed by atoms with Crippen molar-refractivity contribution in [1.29, 1.82) is 0 Å². The van der Waals surface area contributed by atoms with Crippen LogP contribution in [-0.2, 0) is 32.6 Å². The first-order valence-corrected chi connectivity index (χ1v) is 11.8. The Morgan fingerprint density at radius 2 is 1.76 bits per heavy atom. The van der Waals surface area contributed by atoms with Crippen molar-refractivity contribution in [3.8, 4) is 0 Å². The lowest BCUT2D eigenvalue weighted by Gasteiger charge is -2.18. The second-order valence-corrected chi connectivity index (χ2v) is 9.52. The molecular formula is C21H24N2O4S2. The molecule has 3 rings (SSSR count). The number of aromatic nitrogens is 1. The largest absolute Gasteiger partial charge is 0.458 e. The first kappa shape index (κ1) is 21.4. The third-order valence-electron chi connectivity index (χ3n) is 4.58. The van der Waals surface area contributed by atoms with Crippen molar-refractivity contribution < 1.29 is 17.9 Å². The van der Waals surface area contributed by atoms with Gasteiger partial charge in [0.25, 0.3) is 0 Å². The molecule has 0 spiro atoms. The van der Waals surface area contributed by atoms with E-state index in [0.717, 1.165) is 20.8 Å². The number of hydrogen-bond donors (Lipinski definition) is 0. The van der Waals surface area contributed by atoms with Gasteiger partial charge in [0, 0.05) is 19.5 Å². The molecule has 0 bridgehead atoms. The molecule has 6 nitrogen and oxygen atoms in total. The second-order valence-electron chi connectivity index (χ2n) is 6.47. The number of ether oxygens (including phenoxy) is 1. The molecule has 0 saturated heterocycles. The highest BCUT2D eigenvalue weighted by Crippen LogP contribution is 2.22. The molecule has 0 saturated carbocycles. The van der Waals surface area contributed by atoms with Gasteiger partial charge in [0.1, 0.15) is 11.6 Å². The minimum absolute atomic E-state index is 0.166. The Kier molecular flexibility index (Phi) is 7.00. The van der Waals surface area contributed by atoms with E-state index in [9.17, 15) is 13.2 Å². The van der Waals surface area contributed by atoms with E-state index in [1.54, 1.807) is 24.3 Å². The number of para-hydroxylation sites is 1. The molecule has 154 valence electrons. The minimum Gasteiger partial charge on any atom is -0.458 e. The molecule has 0 unspecified atom stereocenters. The summed E-state index contributed by atoms with van der Waals surface area (Å²) in [4.78, 5) is 16.8. The topological polar surface area (TPSA) is 76.6 Å². The molecule has 3 aromatic rings. The van der Waals surface area contributed by atoms with Crippen LogP contribution in [0.1, 0.15) is 30.8 Å². The number of rotatable bonds is 9. The fourth-order valence-corrected chi connectivity index (χ4v) is 5.32. The molecular weight excluding hydrogens is 408 g/mol. The van der Waals surface area contributed by atoms with Crippen molar-refractivity contribution in [2.24, 2.45) is 0 Å². The van der Waals surface area contributed by atoms with Gasteiger partial charge in [-0.2, -0.15) is 4.31 Å². The van der Waals surface area contributed by atoms with Gasteiger partial charge < -0.3 is 4.74 Å². The van der Waals surface area contributed by atoms with Gasteiger partial charge in [0.2, 0.25) is 10.0 Å². The van der Waals surface area contributed by atoms with E-state index in [-0.39, 0.29) is 23.9 Å². The maximum Gasteiger partial charge on any atom is 0.306 e. The van der Waals surface area contributed by atoms with Crippen molar-refractivity contribution >= 4 is 37.5 Å². The Morgan fingerprint density at radius 3 is 2.41 bits per heavy atom. The highest BCUT2D eigenvalue weighted by Gasteiger charge is 2.21. The zero-order valence-corrected chi connectivity index (χ0v) is 18.1. The van der Waals surface area contributed by atoms with Gasteiger partial charge in [-0.15, -0.1) is 11.3 Å². The molecule has 8 heteroatoms. The smallest absolute Gasteiger partial charge is 0.306 e. The molecule has 29 heavy (non-hydrogen) atoms. The molecule has 0 radical (unpaired) electrons. The Labute approximate surface area is 175 Å². The third-order valence-corrected chi connectivity index (χ3v) is 7.65. The SMILES string of the molecule is CCN(CC)S(=O)(=O)c1ccc(CCC(=O)OCc2nc3ccccc3s2)cc1. The number of benzene rings is 2. The van der Waals surface area contributed by atoms with Crippen LogP contribution in [0.2, 0.25) is 0 Å². The van der Waals surface area contributed by atoms with E-state index in [4.69, 9.17) is 4.74 Å². The molecule has 0 amide bonds. The first-order chi connectivity index (χ1) is 13.9. The van der Waals surface area contributed by atoms with E-state index in [1.807, 2.05) is 38.1 Å². The lowest BCUT2D eigenvalue weighted by atomic mass is 10.1. The van der Waals surface area contributed by atoms with Crippen LogP contribution < -0.4 is 0 Å². The van der Waals surface area contributed by atoms with Crippen molar-refractivity contribution in [2.45, 2.75) is 38.2 Å². The van der Waals surface area contributed by atoms with Crippen LogP contribution in [0.5, 0.6) is 0 Å². The third kappa shape index (κ3) is 5.20. The van der Waals surface area contributed by atoms with E-state index in [0.29, 0.717) is 19.5 Å². The number of aryl methyl sites for hydroxylation is 1. The van der Waals surface area contributed by atoms with Crippen LogP contribution >= 0.6 is 11.3 Å². The van der Waals surface area contributed by atoms with Crippen LogP contribution in [-0.4, -0.2) is 36.8 Å². The van der Waals surface area contributed by atoms with Crippen LogP contribution in [0, 0.1) is 0 Å². The normalized spacial score (nSPS) is 11.8. The highest BCUT2D eigenvalue weighted by atomic mass is 32.2. The molecule has 0 aliphatic heterocycles. The predicted octanol–water partition coefficient (Wildman–Crippen LogP) is 4.00. The number of esters is 1. The molecule has 1 heterocycles. The second kappa shape index (κ2) is 9.47. The number of fused-ring (bicyclic) bond motifs is 1. The number of carbonyl (C=O) groups excluding carboxylic acids is 1. The molecule has 0 atom stereocenters. The van der Waals surface area contributed by atoms with Gasteiger partial charge in [-0.25, -0.2) is 13.4 Å². The van der Waals surface area contributed by atoms with Crippen LogP contribution in [0.3, 0.4) is 0 Å². The minimum atomic E-state index is -3.46. The average Bonchev–Trinajstić information content (AvgIpc) is 3.15. The number of nitrogens with zero attached hydrogens (tertiary/aromatic N) is 2. The standard InChI is InChI=1S/C21H24N2O4S2/c1-3-23(4-2)29(25,26)17-12-9-16(10-13-17)11-14-21(24)27-15-20-22-18-7-5-6-8-19(18)28-20/h5-10,12-13H,3-4,11,14-15H2,1-2H3. The summed E-state index contributed by atoms with van der Waals surface area (Å²) in [5.74, 6) is -0.302. The maximum atomic E-state index is 12.5. The molecule has 1 aromatic heterocycles. The summed E-state index contributed by atoms with van der Waals surface area (Å²) in [6.45, 7) is 4.66. The van der Waals surface area contributed by atoms with Gasteiger partial charge in [-0.05, 0) is 36.2 Å². The van der Waals surface area contributed by atoms with Crippen LogP contribution in [0.25, 0.3) is 10.2 Å². The van der Waals surface area contributed by atoms with Gasteiger partial charge in [-0.3, -0.25) is 4.79 Å². The Bertz CT molecular complexity index is 1040. The van der Waals surface area contributed by atoms with Crippen LogP contribution in [0.4, 0.5) is 0 Å². The number of thiazole rings is 1. The van der Waals surface area contributed by atoms with E-state index in [2.05, 4.69) is 4.98 Å². The zero-order valence-electron chi connectivity index (χ0n) is 16.5. The van der Waals surface area contributed by atoms with E-state index >= 15 is 0 Å². The average molecular weight is 433 g/mol. The van der Waals surface area contributed by atoms with Crippen molar-refractivity contribution in [3.63, 3.8) is 0 Å². The lowest BCUT2D eigenvalue weighted by molar-refractivity contribution is -0.144. The maximum absolute atomic E-state index is 12.5. The Balaban J connectivity index is 1.52. The Morgan fingerprint density at radius 1 is 1.07 bits per heavy atom. The number of carbonyl (C=O) groups is 1. The number of hydrogen-bond acceptors (Lipinski definition) is 6. The molecule has 0 aliphatic rings. The summed E-state index contributed by atoms with van der Waals surface area (Å²) in [6.07, 6.45) is 0.720. The summed E-state index contributed by atoms with van der Waals surface area (Å²) >= 11 is 1.51. The molecule has 0 fully saturated rings. The fraction of sp³-hybridized carbons (Fsp3) is 0.333.